The Balaban J connectivity index is 2.57. The van der Waals surface area contributed by atoms with Crippen LogP contribution in [0.5, 0.6) is 0 Å². The van der Waals surface area contributed by atoms with E-state index < -0.39 is 12.2 Å². The average Bonchev–Trinajstić information content (AvgIpc) is 2.37. The SMILES string of the molecule is CCOC(=O)NC(=N)c1ccc(COC(N)=O)cc1. The van der Waals surface area contributed by atoms with Crippen LogP contribution < -0.4 is 11.1 Å². The molecule has 4 N–H and O–H groups in total. The van der Waals surface area contributed by atoms with E-state index in [0.29, 0.717) is 5.56 Å². The Morgan fingerprint density at radius 1 is 1.26 bits per heavy atom. The van der Waals surface area contributed by atoms with E-state index in [1.807, 2.05) is 0 Å². The third-order valence-electron chi connectivity index (χ3n) is 2.13. The van der Waals surface area contributed by atoms with Gasteiger partial charge in [-0.15, -0.1) is 0 Å². The minimum absolute atomic E-state index is 0.0637. The number of amidine groups is 1. The number of benzene rings is 1. The number of hydrogen-bond acceptors (Lipinski definition) is 5. The third kappa shape index (κ3) is 5.07. The Hall–Kier alpha value is -2.57. The lowest BCUT2D eigenvalue weighted by Gasteiger charge is -2.07. The summed E-state index contributed by atoms with van der Waals surface area (Å²) in [5.41, 5.74) is 6.08. The third-order valence-corrected chi connectivity index (χ3v) is 2.13. The number of nitrogens with two attached hydrogens (primary N) is 1. The second-order valence-corrected chi connectivity index (χ2v) is 3.53. The molecule has 0 saturated carbocycles. The van der Waals surface area contributed by atoms with Gasteiger partial charge in [0.15, 0.2) is 0 Å². The molecule has 0 spiro atoms. The van der Waals surface area contributed by atoms with E-state index in [1.54, 1.807) is 31.2 Å². The number of nitrogens with one attached hydrogen (secondary N) is 2. The maximum Gasteiger partial charge on any atom is 0.412 e. The Labute approximate surface area is 110 Å². The van der Waals surface area contributed by atoms with Gasteiger partial charge >= 0.3 is 12.2 Å². The molecule has 0 aliphatic heterocycles. The molecule has 0 aliphatic rings. The van der Waals surface area contributed by atoms with E-state index in [9.17, 15) is 9.59 Å². The van der Waals surface area contributed by atoms with Gasteiger partial charge in [-0.2, -0.15) is 0 Å². The molecule has 0 bridgehead atoms. The number of amides is 2. The summed E-state index contributed by atoms with van der Waals surface area (Å²) >= 11 is 0. The molecule has 102 valence electrons. The van der Waals surface area contributed by atoms with Crippen molar-refractivity contribution >= 4 is 18.0 Å². The standard InChI is InChI=1S/C12H15N3O4/c1-2-18-12(17)15-10(13)9-5-3-8(4-6-9)7-19-11(14)16/h3-6H,2,7H2,1H3,(H2,14,16)(H2,13,15,17). The van der Waals surface area contributed by atoms with Crippen molar-refractivity contribution in [1.82, 2.24) is 5.32 Å². The van der Waals surface area contributed by atoms with Crippen molar-refractivity contribution in [2.75, 3.05) is 6.61 Å². The highest BCUT2D eigenvalue weighted by atomic mass is 16.5. The fraction of sp³-hybridized carbons (Fsp3) is 0.250. The lowest BCUT2D eigenvalue weighted by molar-refractivity contribution is 0.150. The molecule has 0 atom stereocenters. The van der Waals surface area contributed by atoms with Crippen LogP contribution in [0.2, 0.25) is 0 Å². The lowest BCUT2D eigenvalue weighted by Crippen LogP contribution is -2.31. The molecule has 1 aromatic rings. The number of rotatable bonds is 4. The summed E-state index contributed by atoms with van der Waals surface area (Å²) in [5, 5.41) is 9.95. The fourth-order valence-electron chi connectivity index (χ4n) is 1.26. The van der Waals surface area contributed by atoms with Crippen LogP contribution in [0.15, 0.2) is 24.3 Å². The molecular formula is C12H15N3O4. The minimum Gasteiger partial charge on any atom is -0.450 e. The van der Waals surface area contributed by atoms with E-state index in [0.717, 1.165) is 5.56 Å². The molecule has 7 heteroatoms. The van der Waals surface area contributed by atoms with Gasteiger partial charge in [-0.05, 0) is 12.5 Å². The van der Waals surface area contributed by atoms with E-state index in [1.165, 1.54) is 0 Å². The molecule has 2 amide bonds. The first kappa shape index (κ1) is 14.5. The van der Waals surface area contributed by atoms with Crippen LogP contribution in [-0.4, -0.2) is 24.6 Å². The molecule has 0 saturated heterocycles. The van der Waals surface area contributed by atoms with E-state index in [4.69, 9.17) is 11.1 Å². The first-order valence-electron chi connectivity index (χ1n) is 5.56. The minimum atomic E-state index is -0.846. The van der Waals surface area contributed by atoms with Gasteiger partial charge in [0.1, 0.15) is 12.4 Å². The highest BCUT2D eigenvalue weighted by Crippen LogP contribution is 2.06. The smallest absolute Gasteiger partial charge is 0.412 e. The zero-order valence-corrected chi connectivity index (χ0v) is 10.4. The lowest BCUT2D eigenvalue weighted by atomic mass is 10.1. The van der Waals surface area contributed by atoms with Crippen molar-refractivity contribution in [3.63, 3.8) is 0 Å². The Morgan fingerprint density at radius 3 is 2.42 bits per heavy atom. The van der Waals surface area contributed by atoms with Crippen LogP contribution in [-0.2, 0) is 16.1 Å². The number of primary amides is 1. The Morgan fingerprint density at radius 2 is 1.89 bits per heavy atom. The molecule has 0 fully saturated rings. The topological polar surface area (TPSA) is 114 Å². The van der Waals surface area contributed by atoms with Crippen LogP contribution >= 0.6 is 0 Å². The van der Waals surface area contributed by atoms with Crippen LogP contribution in [0.3, 0.4) is 0 Å². The van der Waals surface area contributed by atoms with Gasteiger partial charge in [-0.25, -0.2) is 9.59 Å². The van der Waals surface area contributed by atoms with Crippen molar-refractivity contribution in [1.29, 1.82) is 5.41 Å². The van der Waals surface area contributed by atoms with Crippen LogP contribution in [0.25, 0.3) is 0 Å². The van der Waals surface area contributed by atoms with Gasteiger partial charge in [0, 0.05) is 5.56 Å². The summed E-state index contributed by atoms with van der Waals surface area (Å²) in [7, 11) is 0. The zero-order chi connectivity index (χ0) is 14.3. The summed E-state index contributed by atoms with van der Waals surface area (Å²) in [6, 6.07) is 6.57. The maximum absolute atomic E-state index is 11.1. The van der Waals surface area contributed by atoms with Crippen molar-refractivity contribution in [2.45, 2.75) is 13.5 Å². The van der Waals surface area contributed by atoms with Gasteiger partial charge < -0.3 is 15.2 Å². The molecule has 0 unspecified atom stereocenters. The second-order valence-electron chi connectivity index (χ2n) is 3.53. The van der Waals surface area contributed by atoms with Crippen LogP contribution in [0.1, 0.15) is 18.1 Å². The molecule has 0 heterocycles. The maximum atomic E-state index is 11.1. The molecule has 1 aromatic carbocycles. The normalized spacial score (nSPS) is 9.53. The van der Waals surface area contributed by atoms with Gasteiger partial charge in [0.25, 0.3) is 0 Å². The first-order chi connectivity index (χ1) is 9.02. The molecule has 0 radical (unpaired) electrons. The Bertz CT molecular complexity index is 470. The molecule has 19 heavy (non-hydrogen) atoms. The van der Waals surface area contributed by atoms with Crippen molar-refractivity contribution < 1.29 is 19.1 Å². The highest BCUT2D eigenvalue weighted by Gasteiger charge is 2.07. The number of carbonyl (C=O) groups excluding carboxylic acids is 2. The second kappa shape index (κ2) is 7.00. The van der Waals surface area contributed by atoms with Gasteiger partial charge in [0.05, 0.1) is 6.61 Å². The van der Waals surface area contributed by atoms with Gasteiger partial charge in [0.2, 0.25) is 0 Å². The molecule has 0 aliphatic carbocycles. The number of ether oxygens (including phenoxy) is 2. The fourth-order valence-corrected chi connectivity index (χ4v) is 1.26. The van der Waals surface area contributed by atoms with E-state index in [-0.39, 0.29) is 19.0 Å². The largest absolute Gasteiger partial charge is 0.450 e. The average molecular weight is 265 g/mol. The molecular weight excluding hydrogens is 250 g/mol. The van der Waals surface area contributed by atoms with E-state index >= 15 is 0 Å². The van der Waals surface area contributed by atoms with Crippen molar-refractivity contribution in [2.24, 2.45) is 5.73 Å². The number of hydrogen-bond donors (Lipinski definition) is 3. The predicted octanol–water partition coefficient (Wildman–Crippen LogP) is 1.35. The zero-order valence-electron chi connectivity index (χ0n) is 10.4. The molecule has 1 rings (SSSR count). The molecule has 7 nitrogen and oxygen atoms in total. The number of alkyl carbamates (subject to hydrolysis) is 1. The number of carbonyl (C=O) groups is 2. The quantitative estimate of drug-likeness (QED) is 0.563. The monoisotopic (exact) mass is 265 g/mol. The van der Waals surface area contributed by atoms with Crippen LogP contribution in [0.4, 0.5) is 9.59 Å². The summed E-state index contributed by atoms with van der Waals surface area (Å²) in [6.45, 7) is 1.98. The van der Waals surface area contributed by atoms with Gasteiger partial charge in [-0.1, -0.05) is 24.3 Å². The predicted molar refractivity (Wildman–Crippen MR) is 67.8 cm³/mol. The summed E-state index contributed by atoms with van der Waals surface area (Å²) in [4.78, 5) is 21.6. The van der Waals surface area contributed by atoms with Crippen molar-refractivity contribution in [3.8, 4) is 0 Å². The van der Waals surface area contributed by atoms with Crippen LogP contribution in [0, 0.1) is 5.41 Å². The van der Waals surface area contributed by atoms with Gasteiger partial charge in [-0.3, -0.25) is 10.7 Å². The first-order valence-corrected chi connectivity index (χ1v) is 5.56. The van der Waals surface area contributed by atoms with E-state index in [2.05, 4.69) is 14.8 Å². The summed E-state index contributed by atoms with van der Waals surface area (Å²) in [6.07, 6.45) is -1.52. The Kier molecular flexibility index (Phi) is 5.34. The highest BCUT2D eigenvalue weighted by molar-refractivity contribution is 6.04. The molecule has 0 aromatic heterocycles. The van der Waals surface area contributed by atoms with Crippen molar-refractivity contribution in [3.05, 3.63) is 35.4 Å². The summed E-state index contributed by atoms with van der Waals surface area (Å²) in [5.74, 6) is -0.0687. The summed E-state index contributed by atoms with van der Waals surface area (Å²) < 4.78 is 9.28.